The molecular weight excluding hydrogens is 442 g/mol. The summed E-state index contributed by atoms with van der Waals surface area (Å²) in [6, 6.07) is 22.1. The predicted molar refractivity (Wildman–Crippen MR) is 133 cm³/mol. The molecule has 35 heavy (non-hydrogen) atoms. The molecule has 0 bridgehead atoms. The van der Waals surface area contributed by atoms with Gasteiger partial charge in [0.15, 0.2) is 0 Å². The van der Waals surface area contributed by atoms with Crippen LogP contribution in [0.25, 0.3) is 0 Å². The van der Waals surface area contributed by atoms with Crippen molar-refractivity contribution < 1.29 is 19.1 Å². The first-order valence-electron chi connectivity index (χ1n) is 11.8. The SMILES string of the molecule is COc1ccc(N2CCCN(C(=O)c3cccc(CN4C(=O)c5ccccc5C4=O)c3)CC2)cc1. The van der Waals surface area contributed by atoms with Gasteiger partial charge >= 0.3 is 0 Å². The molecule has 0 atom stereocenters. The topological polar surface area (TPSA) is 70.2 Å². The van der Waals surface area contributed by atoms with Gasteiger partial charge in [-0.15, -0.1) is 0 Å². The molecule has 7 nitrogen and oxygen atoms in total. The molecule has 0 radical (unpaired) electrons. The highest BCUT2D eigenvalue weighted by atomic mass is 16.5. The molecule has 2 aliphatic rings. The number of imide groups is 1. The van der Waals surface area contributed by atoms with Crippen molar-refractivity contribution in [3.05, 3.63) is 95.1 Å². The average Bonchev–Trinajstić information content (AvgIpc) is 3.06. The van der Waals surface area contributed by atoms with Crippen LogP contribution in [0.3, 0.4) is 0 Å². The van der Waals surface area contributed by atoms with E-state index in [9.17, 15) is 14.4 Å². The maximum absolute atomic E-state index is 13.3. The molecule has 0 spiro atoms. The molecule has 0 unspecified atom stereocenters. The highest BCUT2D eigenvalue weighted by molar-refractivity contribution is 6.21. The summed E-state index contributed by atoms with van der Waals surface area (Å²) in [6.45, 7) is 3.04. The van der Waals surface area contributed by atoms with E-state index in [1.54, 1.807) is 43.5 Å². The zero-order valence-corrected chi connectivity index (χ0v) is 19.6. The molecule has 2 aliphatic heterocycles. The molecule has 7 heteroatoms. The fourth-order valence-electron chi connectivity index (χ4n) is 4.72. The maximum Gasteiger partial charge on any atom is 0.261 e. The van der Waals surface area contributed by atoms with E-state index >= 15 is 0 Å². The smallest absolute Gasteiger partial charge is 0.261 e. The Bertz CT molecular complexity index is 1240. The van der Waals surface area contributed by atoms with Crippen molar-refractivity contribution >= 4 is 23.4 Å². The lowest BCUT2D eigenvalue weighted by Crippen LogP contribution is -2.35. The van der Waals surface area contributed by atoms with Crippen LogP contribution in [0.1, 0.15) is 43.1 Å². The van der Waals surface area contributed by atoms with Crippen LogP contribution in [0, 0.1) is 0 Å². The van der Waals surface area contributed by atoms with Gasteiger partial charge in [0, 0.05) is 37.4 Å². The number of fused-ring (bicyclic) bond motifs is 1. The third-order valence-corrected chi connectivity index (χ3v) is 6.61. The molecule has 3 aromatic carbocycles. The second kappa shape index (κ2) is 9.62. The second-order valence-electron chi connectivity index (χ2n) is 8.77. The number of benzene rings is 3. The summed E-state index contributed by atoms with van der Waals surface area (Å²) in [7, 11) is 1.65. The van der Waals surface area contributed by atoms with Crippen LogP contribution in [-0.2, 0) is 6.54 Å². The van der Waals surface area contributed by atoms with Gasteiger partial charge in [0.05, 0.1) is 24.8 Å². The standard InChI is InChI=1S/C28H27N3O4/c1-35-23-12-10-22(11-13-23)29-14-5-15-30(17-16-29)26(32)21-7-4-6-20(18-21)19-31-27(33)24-8-2-3-9-25(24)28(31)34/h2-4,6-13,18H,5,14-17,19H2,1H3. The number of rotatable bonds is 5. The fraction of sp³-hybridized carbons (Fsp3) is 0.250. The highest BCUT2D eigenvalue weighted by Crippen LogP contribution is 2.25. The van der Waals surface area contributed by atoms with Gasteiger partial charge in [-0.25, -0.2) is 0 Å². The summed E-state index contributed by atoms with van der Waals surface area (Å²) in [5.74, 6) is 0.189. The van der Waals surface area contributed by atoms with Gasteiger partial charge in [-0.1, -0.05) is 24.3 Å². The minimum atomic E-state index is -0.298. The van der Waals surface area contributed by atoms with Crippen LogP contribution >= 0.6 is 0 Å². The van der Waals surface area contributed by atoms with Crippen LogP contribution < -0.4 is 9.64 Å². The van der Waals surface area contributed by atoms with Gasteiger partial charge in [-0.3, -0.25) is 19.3 Å². The molecule has 3 amide bonds. The first-order chi connectivity index (χ1) is 17.0. The second-order valence-corrected chi connectivity index (χ2v) is 8.77. The Labute approximate surface area is 204 Å². The number of carbonyl (C=O) groups excluding carboxylic acids is 3. The Morgan fingerprint density at radius 1 is 0.829 bits per heavy atom. The molecule has 0 N–H and O–H groups in total. The van der Waals surface area contributed by atoms with Crippen molar-refractivity contribution in [3.63, 3.8) is 0 Å². The quantitative estimate of drug-likeness (QED) is 0.531. The van der Waals surface area contributed by atoms with Gasteiger partial charge < -0.3 is 14.5 Å². The Kier molecular flexibility index (Phi) is 6.23. The number of carbonyl (C=O) groups is 3. The van der Waals surface area contributed by atoms with E-state index in [-0.39, 0.29) is 24.3 Å². The predicted octanol–water partition coefficient (Wildman–Crippen LogP) is 3.84. The number of anilines is 1. The first-order valence-corrected chi connectivity index (χ1v) is 11.8. The largest absolute Gasteiger partial charge is 0.497 e. The molecule has 1 saturated heterocycles. The van der Waals surface area contributed by atoms with Crippen molar-refractivity contribution in [1.82, 2.24) is 9.80 Å². The van der Waals surface area contributed by atoms with Crippen molar-refractivity contribution in [1.29, 1.82) is 0 Å². The van der Waals surface area contributed by atoms with Crippen LogP contribution in [0.4, 0.5) is 5.69 Å². The van der Waals surface area contributed by atoms with Crippen LogP contribution in [0.2, 0.25) is 0 Å². The lowest BCUT2D eigenvalue weighted by Gasteiger charge is -2.24. The van der Waals surface area contributed by atoms with Gasteiger partial charge in [-0.05, 0) is 60.5 Å². The molecule has 3 aromatic rings. The minimum Gasteiger partial charge on any atom is -0.497 e. The van der Waals surface area contributed by atoms with Crippen LogP contribution in [0.5, 0.6) is 5.75 Å². The van der Waals surface area contributed by atoms with E-state index in [1.807, 2.05) is 41.3 Å². The molecule has 0 saturated carbocycles. The highest BCUT2D eigenvalue weighted by Gasteiger charge is 2.35. The number of nitrogens with zero attached hydrogens (tertiary/aromatic N) is 3. The molecule has 5 rings (SSSR count). The number of hydrogen-bond donors (Lipinski definition) is 0. The summed E-state index contributed by atoms with van der Waals surface area (Å²) in [6.07, 6.45) is 0.868. The number of ether oxygens (including phenoxy) is 1. The van der Waals surface area contributed by atoms with Crippen molar-refractivity contribution in [3.8, 4) is 5.75 Å². The molecular formula is C28H27N3O4. The van der Waals surface area contributed by atoms with Gasteiger partial charge in [0.2, 0.25) is 0 Å². The van der Waals surface area contributed by atoms with Gasteiger partial charge in [0.25, 0.3) is 17.7 Å². The molecule has 0 aromatic heterocycles. The molecule has 2 heterocycles. The lowest BCUT2D eigenvalue weighted by molar-refractivity contribution is 0.0642. The normalized spacial score (nSPS) is 15.7. The van der Waals surface area contributed by atoms with E-state index < -0.39 is 0 Å². The Morgan fingerprint density at radius 3 is 2.23 bits per heavy atom. The molecule has 178 valence electrons. The molecule has 0 aliphatic carbocycles. The van der Waals surface area contributed by atoms with E-state index in [0.717, 1.165) is 36.5 Å². The van der Waals surface area contributed by atoms with Crippen LogP contribution in [0.15, 0.2) is 72.8 Å². The fourth-order valence-corrected chi connectivity index (χ4v) is 4.72. The van der Waals surface area contributed by atoms with Gasteiger partial charge in [0.1, 0.15) is 5.75 Å². The Balaban J connectivity index is 1.26. The van der Waals surface area contributed by atoms with Crippen molar-refractivity contribution in [2.24, 2.45) is 0 Å². The van der Waals surface area contributed by atoms with E-state index in [1.165, 1.54) is 4.90 Å². The minimum absolute atomic E-state index is 0.0363. The van der Waals surface area contributed by atoms with E-state index in [4.69, 9.17) is 4.74 Å². The summed E-state index contributed by atoms with van der Waals surface area (Å²) in [5.41, 5.74) is 3.28. The summed E-state index contributed by atoms with van der Waals surface area (Å²) < 4.78 is 5.25. The van der Waals surface area contributed by atoms with Crippen molar-refractivity contribution in [2.75, 3.05) is 38.2 Å². The van der Waals surface area contributed by atoms with E-state index in [2.05, 4.69) is 4.90 Å². The monoisotopic (exact) mass is 469 g/mol. The maximum atomic E-state index is 13.3. The summed E-state index contributed by atoms with van der Waals surface area (Å²) in [5, 5.41) is 0. The van der Waals surface area contributed by atoms with Crippen molar-refractivity contribution in [2.45, 2.75) is 13.0 Å². The van der Waals surface area contributed by atoms with Crippen LogP contribution in [-0.4, -0.2) is 60.8 Å². The summed E-state index contributed by atoms with van der Waals surface area (Å²) >= 11 is 0. The lowest BCUT2D eigenvalue weighted by atomic mass is 10.1. The van der Waals surface area contributed by atoms with E-state index in [0.29, 0.717) is 29.8 Å². The zero-order chi connectivity index (χ0) is 24.4. The Morgan fingerprint density at radius 2 is 1.54 bits per heavy atom. The molecule has 1 fully saturated rings. The number of amides is 3. The number of methoxy groups -OCH3 is 1. The average molecular weight is 470 g/mol. The first kappa shape index (κ1) is 22.7. The third kappa shape index (κ3) is 4.49. The summed E-state index contributed by atoms with van der Waals surface area (Å²) in [4.78, 5) is 44.2. The van der Waals surface area contributed by atoms with Gasteiger partial charge in [-0.2, -0.15) is 0 Å². The third-order valence-electron chi connectivity index (χ3n) is 6.61. The zero-order valence-electron chi connectivity index (χ0n) is 19.6. The number of hydrogen-bond acceptors (Lipinski definition) is 5. The Hall–Kier alpha value is -4.13.